The van der Waals surface area contributed by atoms with Gasteiger partial charge in [-0.2, -0.15) is 15.1 Å². The van der Waals surface area contributed by atoms with E-state index in [4.69, 9.17) is 10.3 Å². The van der Waals surface area contributed by atoms with Crippen molar-refractivity contribution >= 4 is 18.2 Å². The summed E-state index contributed by atoms with van der Waals surface area (Å²) >= 11 is 0. The van der Waals surface area contributed by atoms with Crippen LogP contribution in [-0.4, -0.2) is 29.7 Å². The normalized spacial score (nSPS) is 16.3. The number of aryl methyl sites for hydroxylation is 3. The second-order valence-electron chi connectivity index (χ2n) is 6.61. The SMILES string of the molecule is Cc1nc2ncnn2c(C)c1CCc1nc(C2(N)CCCC2)no1.Cl. The van der Waals surface area contributed by atoms with E-state index in [1.165, 1.54) is 6.33 Å². The minimum absolute atomic E-state index is 0. The van der Waals surface area contributed by atoms with Crippen molar-refractivity contribution < 1.29 is 4.52 Å². The molecule has 0 saturated heterocycles. The largest absolute Gasteiger partial charge is 0.339 e. The van der Waals surface area contributed by atoms with E-state index in [0.717, 1.165) is 49.1 Å². The first-order valence-corrected chi connectivity index (χ1v) is 8.34. The summed E-state index contributed by atoms with van der Waals surface area (Å²) in [6.45, 7) is 4.02. The number of halogens is 1. The van der Waals surface area contributed by atoms with Gasteiger partial charge in [-0.3, -0.25) is 0 Å². The highest BCUT2D eigenvalue weighted by molar-refractivity contribution is 5.85. The first-order valence-electron chi connectivity index (χ1n) is 8.34. The Balaban J connectivity index is 0.00000182. The Hall–Kier alpha value is -2.06. The molecule has 9 heteroatoms. The summed E-state index contributed by atoms with van der Waals surface area (Å²) in [7, 11) is 0. The fourth-order valence-electron chi connectivity index (χ4n) is 3.54. The molecule has 0 amide bonds. The lowest BCUT2D eigenvalue weighted by Crippen LogP contribution is -2.34. The lowest BCUT2D eigenvalue weighted by atomic mass is 9.98. The van der Waals surface area contributed by atoms with E-state index in [2.05, 4.69) is 25.2 Å². The predicted octanol–water partition coefficient (Wildman–Crippen LogP) is 2.06. The van der Waals surface area contributed by atoms with Crippen LogP contribution in [-0.2, 0) is 18.4 Å². The maximum Gasteiger partial charge on any atom is 0.252 e. The van der Waals surface area contributed by atoms with Gasteiger partial charge in [0.25, 0.3) is 5.78 Å². The standard InChI is InChI=1S/C16H21N7O.ClH/c1-10-12(11(2)23-15(20-10)18-9-19-23)5-6-13-21-14(22-24-13)16(17)7-3-4-8-16;/h9H,3-8,17H2,1-2H3;1H. The van der Waals surface area contributed by atoms with Gasteiger partial charge in [-0.05, 0) is 38.7 Å². The minimum atomic E-state index is -0.408. The van der Waals surface area contributed by atoms with Crippen molar-refractivity contribution in [2.45, 2.75) is 57.9 Å². The van der Waals surface area contributed by atoms with E-state index < -0.39 is 5.54 Å². The second kappa shape index (κ2) is 6.68. The van der Waals surface area contributed by atoms with Gasteiger partial charge in [0.05, 0.1) is 5.54 Å². The molecule has 134 valence electrons. The smallest absolute Gasteiger partial charge is 0.252 e. The average molecular weight is 364 g/mol. The van der Waals surface area contributed by atoms with Crippen LogP contribution < -0.4 is 5.73 Å². The van der Waals surface area contributed by atoms with Gasteiger partial charge in [0.1, 0.15) is 6.33 Å². The van der Waals surface area contributed by atoms with Gasteiger partial charge in [0.2, 0.25) is 5.89 Å². The first-order chi connectivity index (χ1) is 11.6. The lowest BCUT2D eigenvalue weighted by Gasteiger charge is -2.17. The van der Waals surface area contributed by atoms with E-state index in [-0.39, 0.29) is 12.4 Å². The molecule has 4 rings (SSSR count). The molecule has 8 nitrogen and oxygen atoms in total. The van der Waals surface area contributed by atoms with Crippen molar-refractivity contribution in [1.82, 2.24) is 29.7 Å². The van der Waals surface area contributed by atoms with E-state index in [1.54, 1.807) is 4.52 Å². The van der Waals surface area contributed by atoms with E-state index in [1.807, 2.05) is 13.8 Å². The van der Waals surface area contributed by atoms with Crippen LogP contribution in [0.5, 0.6) is 0 Å². The number of nitrogens with two attached hydrogens (primary N) is 1. The Morgan fingerprint density at radius 2 is 1.96 bits per heavy atom. The molecular formula is C16H22ClN7O. The third-order valence-corrected chi connectivity index (χ3v) is 4.99. The zero-order chi connectivity index (χ0) is 16.7. The summed E-state index contributed by atoms with van der Waals surface area (Å²) in [5, 5.41) is 8.33. The molecular weight excluding hydrogens is 342 g/mol. The summed E-state index contributed by atoms with van der Waals surface area (Å²) in [5.74, 6) is 1.90. The zero-order valence-electron chi connectivity index (χ0n) is 14.4. The highest BCUT2D eigenvalue weighted by atomic mass is 35.5. The van der Waals surface area contributed by atoms with Gasteiger partial charge in [0.15, 0.2) is 5.82 Å². The van der Waals surface area contributed by atoms with Gasteiger partial charge in [-0.1, -0.05) is 18.0 Å². The van der Waals surface area contributed by atoms with Crippen LogP contribution in [0.2, 0.25) is 0 Å². The third-order valence-electron chi connectivity index (χ3n) is 4.99. The number of nitrogens with zero attached hydrogens (tertiary/aromatic N) is 6. The quantitative estimate of drug-likeness (QED) is 0.755. The number of hydrogen-bond donors (Lipinski definition) is 1. The van der Waals surface area contributed by atoms with Crippen molar-refractivity contribution in [2.75, 3.05) is 0 Å². The Morgan fingerprint density at radius 1 is 1.20 bits per heavy atom. The zero-order valence-corrected chi connectivity index (χ0v) is 15.2. The summed E-state index contributed by atoms with van der Waals surface area (Å²) in [6, 6.07) is 0. The molecule has 1 aliphatic carbocycles. The topological polar surface area (TPSA) is 108 Å². The first kappa shape index (κ1) is 17.8. The number of rotatable bonds is 4. The molecule has 2 N–H and O–H groups in total. The Morgan fingerprint density at radius 3 is 2.72 bits per heavy atom. The maximum absolute atomic E-state index is 6.39. The van der Waals surface area contributed by atoms with Gasteiger partial charge in [-0.25, -0.2) is 9.50 Å². The molecule has 1 saturated carbocycles. The molecule has 3 heterocycles. The molecule has 0 bridgehead atoms. The monoisotopic (exact) mass is 363 g/mol. The molecule has 3 aromatic heterocycles. The molecule has 0 spiro atoms. The van der Waals surface area contributed by atoms with Crippen LogP contribution >= 0.6 is 12.4 Å². The van der Waals surface area contributed by atoms with Crippen LogP contribution in [0.25, 0.3) is 5.78 Å². The maximum atomic E-state index is 6.39. The molecule has 1 aliphatic rings. The van der Waals surface area contributed by atoms with Gasteiger partial charge < -0.3 is 10.3 Å². The summed E-state index contributed by atoms with van der Waals surface area (Å²) in [6.07, 6.45) is 7.05. The van der Waals surface area contributed by atoms with Crippen LogP contribution in [0.15, 0.2) is 10.9 Å². The Bertz CT molecular complexity index is 882. The number of hydrogen-bond acceptors (Lipinski definition) is 7. The molecule has 0 aliphatic heterocycles. The van der Waals surface area contributed by atoms with Gasteiger partial charge in [0, 0.05) is 17.8 Å². The minimum Gasteiger partial charge on any atom is -0.339 e. The van der Waals surface area contributed by atoms with Crippen molar-refractivity contribution in [3.63, 3.8) is 0 Å². The highest BCUT2D eigenvalue weighted by Gasteiger charge is 2.35. The lowest BCUT2D eigenvalue weighted by molar-refractivity contribution is 0.348. The fraction of sp³-hybridized carbons (Fsp3) is 0.562. The summed E-state index contributed by atoms with van der Waals surface area (Å²) in [4.78, 5) is 13.2. The fourth-order valence-corrected chi connectivity index (χ4v) is 3.54. The van der Waals surface area contributed by atoms with E-state index in [0.29, 0.717) is 23.9 Å². The second-order valence-corrected chi connectivity index (χ2v) is 6.61. The summed E-state index contributed by atoms with van der Waals surface area (Å²) < 4.78 is 7.18. The van der Waals surface area contributed by atoms with Gasteiger partial charge in [-0.15, -0.1) is 12.4 Å². The third kappa shape index (κ3) is 3.11. The van der Waals surface area contributed by atoms with Crippen LogP contribution in [0, 0.1) is 13.8 Å². The molecule has 3 aromatic rings. The number of fused-ring (bicyclic) bond motifs is 1. The average Bonchev–Trinajstić information content (AvgIpc) is 3.27. The van der Waals surface area contributed by atoms with Crippen molar-refractivity contribution in [1.29, 1.82) is 0 Å². The van der Waals surface area contributed by atoms with Crippen molar-refractivity contribution in [2.24, 2.45) is 5.73 Å². The van der Waals surface area contributed by atoms with Crippen LogP contribution in [0.4, 0.5) is 0 Å². The van der Waals surface area contributed by atoms with Gasteiger partial charge >= 0.3 is 0 Å². The summed E-state index contributed by atoms with van der Waals surface area (Å²) in [5.41, 5.74) is 9.11. The van der Waals surface area contributed by atoms with Crippen LogP contribution in [0.3, 0.4) is 0 Å². The Kier molecular flexibility index (Phi) is 4.75. The molecule has 0 atom stereocenters. The van der Waals surface area contributed by atoms with Crippen molar-refractivity contribution in [3.05, 3.63) is 35.0 Å². The molecule has 25 heavy (non-hydrogen) atoms. The number of aromatic nitrogens is 6. The molecule has 0 radical (unpaired) electrons. The Labute approximate surface area is 151 Å². The predicted molar refractivity (Wildman–Crippen MR) is 93.5 cm³/mol. The van der Waals surface area contributed by atoms with E-state index >= 15 is 0 Å². The van der Waals surface area contributed by atoms with Crippen LogP contribution in [0.1, 0.15) is 54.3 Å². The molecule has 0 aromatic carbocycles. The van der Waals surface area contributed by atoms with Crippen molar-refractivity contribution in [3.8, 4) is 0 Å². The van der Waals surface area contributed by atoms with E-state index in [9.17, 15) is 0 Å². The highest BCUT2D eigenvalue weighted by Crippen LogP contribution is 2.34. The molecule has 0 unspecified atom stereocenters. The molecule has 1 fully saturated rings.